The molecule has 0 bridgehead atoms. The predicted octanol–water partition coefficient (Wildman–Crippen LogP) is 4.93. The summed E-state index contributed by atoms with van der Waals surface area (Å²) in [6.07, 6.45) is 3.56. The van der Waals surface area contributed by atoms with Crippen molar-refractivity contribution >= 4 is 35.0 Å². The Balaban J connectivity index is 2.07. The van der Waals surface area contributed by atoms with Crippen LogP contribution in [0.15, 0.2) is 18.2 Å². The molecule has 1 nitrogen and oxygen atoms in total. The van der Waals surface area contributed by atoms with Gasteiger partial charge in [0.2, 0.25) is 0 Å². The van der Waals surface area contributed by atoms with Gasteiger partial charge in [0, 0.05) is 22.1 Å². The van der Waals surface area contributed by atoms with Crippen LogP contribution in [0, 0.1) is 0 Å². The minimum Gasteiger partial charge on any atom is -0.307 e. The van der Waals surface area contributed by atoms with Gasteiger partial charge in [0.1, 0.15) is 0 Å². The molecular formula is C14H19Cl2NS. The summed E-state index contributed by atoms with van der Waals surface area (Å²) in [5.41, 5.74) is 1.17. The largest absolute Gasteiger partial charge is 0.307 e. The van der Waals surface area contributed by atoms with Crippen molar-refractivity contribution < 1.29 is 0 Å². The van der Waals surface area contributed by atoms with Crippen LogP contribution in [0.3, 0.4) is 0 Å². The first kappa shape index (κ1) is 14.5. The molecule has 0 amide bonds. The van der Waals surface area contributed by atoms with E-state index in [4.69, 9.17) is 23.2 Å². The van der Waals surface area contributed by atoms with E-state index in [0.717, 1.165) is 11.4 Å². The highest BCUT2D eigenvalue weighted by atomic mass is 35.5. The average molecular weight is 304 g/mol. The van der Waals surface area contributed by atoms with Crippen molar-refractivity contribution in [1.29, 1.82) is 0 Å². The Morgan fingerprint density at radius 2 is 2.06 bits per heavy atom. The van der Waals surface area contributed by atoms with Crippen LogP contribution in [-0.4, -0.2) is 17.5 Å². The third-order valence-electron chi connectivity index (χ3n) is 3.40. The molecule has 1 N–H and O–H groups in total. The van der Waals surface area contributed by atoms with Gasteiger partial charge in [0.15, 0.2) is 0 Å². The van der Waals surface area contributed by atoms with Gasteiger partial charge in [-0.25, -0.2) is 0 Å². The number of thioether (sulfide) groups is 1. The van der Waals surface area contributed by atoms with Gasteiger partial charge in [-0.05, 0) is 48.5 Å². The summed E-state index contributed by atoms with van der Waals surface area (Å²) in [6, 6.07) is 6.76. The molecule has 1 aliphatic heterocycles. The summed E-state index contributed by atoms with van der Waals surface area (Å²) >= 11 is 14.3. The molecule has 0 aliphatic carbocycles. The Labute approximate surface area is 124 Å². The molecule has 1 aromatic carbocycles. The molecule has 1 saturated heterocycles. The zero-order valence-corrected chi connectivity index (χ0v) is 12.9. The van der Waals surface area contributed by atoms with Crippen LogP contribution >= 0.6 is 35.0 Å². The van der Waals surface area contributed by atoms with Crippen molar-refractivity contribution in [3.63, 3.8) is 0 Å². The van der Waals surface area contributed by atoms with E-state index in [2.05, 4.69) is 24.0 Å². The molecule has 2 rings (SSSR count). The van der Waals surface area contributed by atoms with E-state index in [1.165, 1.54) is 29.9 Å². The second-order valence-electron chi connectivity index (χ2n) is 4.68. The number of benzene rings is 1. The highest BCUT2D eigenvalue weighted by Gasteiger charge is 2.19. The maximum atomic E-state index is 6.29. The van der Waals surface area contributed by atoms with E-state index in [-0.39, 0.29) is 0 Å². The van der Waals surface area contributed by atoms with E-state index >= 15 is 0 Å². The molecule has 1 unspecified atom stereocenters. The molecule has 1 aliphatic rings. The van der Waals surface area contributed by atoms with Gasteiger partial charge >= 0.3 is 0 Å². The normalized spacial score (nSPS) is 18.8. The average Bonchev–Trinajstić information content (AvgIpc) is 2.38. The number of hydrogen-bond acceptors (Lipinski definition) is 2. The van der Waals surface area contributed by atoms with Crippen LogP contribution in [-0.2, 0) is 0 Å². The molecule has 0 aromatic heterocycles. The molecule has 0 radical (unpaired) electrons. The summed E-state index contributed by atoms with van der Waals surface area (Å²) in [5.74, 6) is 2.53. The lowest BCUT2D eigenvalue weighted by Crippen LogP contribution is -2.35. The fourth-order valence-electron chi connectivity index (χ4n) is 2.36. The van der Waals surface area contributed by atoms with Crippen LogP contribution in [0.1, 0.15) is 37.8 Å². The lowest BCUT2D eigenvalue weighted by atomic mass is 10.0. The molecule has 1 aromatic rings. The van der Waals surface area contributed by atoms with Crippen molar-refractivity contribution in [2.24, 2.45) is 0 Å². The molecule has 1 atom stereocenters. The fraction of sp³-hybridized carbons (Fsp3) is 0.571. The van der Waals surface area contributed by atoms with Crippen LogP contribution in [0.5, 0.6) is 0 Å². The third-order valence-corrected chi connectivity index (χ3v) is 5.02. The van der Waals surface area contributed by atoms with Gasteiger partial charge in [-0.3, -0.25) is 0 Å². The lowest BCUT2D eigenvalue weighted by molar-refractivity contribution is 0.406. The molecule has 18 heavy (non-hydrogen) atoms. The molecule has 100 valence electrons. The third kappa shape index (κ3) is 3.80. The van der Waals surface area contributed by atoms with Crippen LogP contribution in [0.25, 0.3) is 0 Å². The predicted molar refractivity (Wildman–Crippen MR) is 83.0 cm³/mol. The number of rotatable bonds is 4. The summed E-state index contributed by atoms with van der Waals surface area (Å²) < 4.78 is 0. The lowest BCUT2D eigenvalue weighted by Gasteiger charge is -2.28. The maximum Gasteiger partial charge on any atom is 0.0468 e. The molecule has 4 heteroatoms. The highest BCUT2D eigenvalue weighted by Crippen LogP contribution is 2.29. The van der Waals surface area contributed by atoms with Gasteiger partial charge < -0.3 is 5.32 Å². The van der Waals surface area contributed by atoms with E-state index in [0.29, 0.717) is 17.1 Å². The second-order valence-corrected chi connectivity index (χ2v) is 6.75. The van der Waals surface area contributed by atoms with Gasteiger partial charge in [-0.1, -0.05) is 36.2 Å². The molecule has 1 fully saturated rings. The van der Waals surface area contributed by atoms with Crippen molar-refractivity contribution in [2.45, 2.75) is 38.3 Å². The topological polar surface area (TPSA) is 12.0 Å². The summed E-state index contributed by atoms with van der Waals surface area (Å²) in [6.45, 7) is 2.19. The Morgan fingerprint density at radius 1 is 1.33 bits per heavy atom. The maximum absolute atomic E-state index is 6.29. The Bertz CT molecular complexity index is 391. The van der Waals surface area contributed by atoms with E-state index in [9.17, 15) is 0 Å². The molecular weight excluding hydrogens is 285 g/mol. The number of hydrogen-bond donors (Lipinski definition) is 1. The van der Waals surface area contributed by atoms with Crippen molar-refractivity contribution in [1.82, 2.24) is 5.32 Å². The van der Waals surface area contributed by atoms with Crippen LogP contribution in [0.2, 0.25) is 10.0 Å². The Morgan fingerprint density at radius 3 is 2.67 bits per heavy atom. The van der Waals surface area contributed by atoms with Crippen molar-refractivity contribution in [3.05, 3.63) is 33.8 Å². The van der Waals surface area contributed by atoms with Crippen LogP contribution in [0.4, 0.5) is 0 Å². The summed E-state index contributed by atoms with van der Waals surface area (Å²) in [4.78, 5) is 0. The Kier molecular flexibility index (Phi) is 5.68. The Hall–Kier alpha value is 0.110. The van der Waals surface area contributed by atoms with E-state index in [1.54, 1.807) is 0 Å². The van der Waals surface area contributed by atoms with Gasteiger partial charge in [0.25, 0.3) is 0 Å². The van der Waals surface area contributed by atoms with Gasteiger partial charge in [-0.15, -0.1) is 0 Å². The van der Waals surface area contributed by atoms with Crippen LogP contribution < -0.4 is 5.32 Å². The summed E-state index contributed by atoms with van der Waals surface area (Å²) in [5, 5.41) is 5.21. The molecule has 0 saturated carbocycles. The monoisotopic (exact) mass is 303 g/mol. The standard InChI is InChI=1S/C14H19Cl2NS/c1-2-14(17-11-5-7-18-8-6-11)12-4-3-10(15)9-13(12)16/h3-4,9,11,14,17H,2,5-8H2,1H3. The van der Waals surface area contributed by atoms with Gasteiger partial charge in [0.05, 0.1) is 0 Å². The first-order valence-electron chi connectivity index (χ1n) is 6.49. The quantitative estimate of drug-likeness (QED) is 0.846. The number of halogens is 2. The van der Waals surface area contributed by atoms with Crippen molar-refractivity contribution in [2.75, 3.05) is 11.5 Å². The van der Waals surface area contributed by atoms with E-state index in [1.807, 2.05) is 18.2 Å². The van der Waals surface area contributed by atoms with Gasteiger partial charge in [-0.2, -0.15) is 11.8 Å². The van der Waals surface area contributed by atoms with E-state index < -0.39 is 0 Å². The molecule has 1 heterocycles. The zero-order valence-electron chi connectivity index (χ0n) is 10.6. The summed E-state index contributed by atoms with van der Waals surface area (Å²) in [7, 11) is 0. The minimum atomic E-state index is 0.336. The first-order valence-corrected chi connectivity index (χ1v) is 8.40. The van der Waals surface area contributed by atoms with Crippen molar-refractivity contribution in [3.8, 4) is 0 Å². The first-order chi connectivity index (χ1) is 8.70. The minimum absolute atomic E-state index is 0.336. The molecule has 0 spiro atoms. The SMILES string of the molecule is CCC(NC1CCSCC1)c1ccc(Cl)cc1Cl. The number of nitrogens with one attached hydrogen (secondary N) is 1. The highest BCUT2D eigenvalue weighted by molar-refractivity contribution is 7.99. The smallest absolute Gasteiger partial charge is 0.0468 e. The fourth-order valence-corrected chi connectivity index (χ4v) is 4.01. The zero-order chi connectivity index (χ0) is 13.0. The second kappa shape index (κ2) is 7.04.